The highest BCUT2D eigenvalue weighted by Gasteiger charge is 2.05. The van der Waals surface area contributed by atoms with Crippen molar-refractivity contribution in [2.24, 2.45) is 0 Å². The number of hydrogen-bond donors (Lipinski definition) is 2. The molecule has 2 N–H and O–H groups in total. The lowest BCUT2D eigenvalue weighted by Crippen LogP contribution is -2.23. The maximum atomic E-state index is 11.9. The van der Waals surface area contributed by atoms with Gasteiger partial charge < -0.3 is 15.4 Å². The van der Waals surface area contributed by atoms with Gasteiger partial charge in [0, 0.05) is 23.1 Å². The molecule has 0 saturated heterocycles. The molecule has 6 nitrogen and oxygen atoms in total. The van der Waals surface area contributed by atoms with Crippen molar-refractivity contribution in [3.63, 3.8) is 0 Å². The molecule has 0 saturated carbocycles. The Morgan fingerprint density at radius 2 is 1.89 bits per heavy atom. The minimum absolute atomic E-state index is 0.0723. The van der Waals surface area contributed by atoms with E-state index in [-0.39, 0.29) is 18.2 Å². The molecule has 0 aliphatic heterocycles. The van der Waals surface area contributed by atoms with Gasteiger partial charge in [0.05, 0.1) is 17.7 Å². The van der Waals surface area contributed by atoms with Crippen LogP contribution in [0, 0.1) is 11.3 Å². The van der Waals surface area contributed by atoms with E-state index in [1.807, 2.05) is 6.07 Å². The third kappa shape index (κ3) is 7.59. The number of amides is 2. The summed E-state index contributed by atoms with van der Waals surface area (Å²) in [6.45, 7) is 0.788. The molecule has 28 heavy (non-hydrogen) atoms. The Morgan fingerprint density at radius 3 is 2.57 bits per heavy atom. The number of anilines is 1. The number of rotatable bonds is 9. The van der Waals surface area contributed by atoms with Crippen LogP contribution < -0.4 is 15.4 Å². The minimum Gasteiger partial charge on any atom is -0.492 e. The summed E-state index contributed by atoms with van der Waals surface area (Å²) in [5.41, 5.74) is 1.52. The van der Waals surface area contributed by atoms with Gasteiger partial charge in [-0.1, -0.05) is 39.7 Å². The molecule has 0 atom stereocenters. The zero-order valence-corrected chi connectivity index (χ0v) is 17.3. The standard InChI is InChI=1S/C20H19BrClN3O3/c21-15-5-8-18(17(22)12-15)28-11-1-2-19(26)24-13-14-3-6-16(7-4-14)25-20(27)9-10-23/h3-8,12H,1-2,9,11,13H2,(H,24,26)(H,25,27). The number of halogens is 2. The number of ether oxygens (including phenoxy) is 1. The zero-order valence-electron chi connectivity index (χ0n) is 15.0. The fraction of sp³-hybridized carbons (Fsp3) is 0.250. The molecule has 8 heteroatoms. The van der Waals surface area contributed by atoms with Gasteiger partial charge in [-0.3, -0.25) is 9.59 Å². The number of carbonyl (C=O) groups is 2. The molecule has 0 heterocycles. The number of carbonyl (C=O) groups excluding carboxylic acids is 2. The van der Waals surface area contributed by atoms with E-state index >= 15 is 0 Å². The van der Waals surface area contributed by atoms with E-state index < -0.39 is 0 Å². The lowest BCUT2D eigenvalue weighted by Gasteiger charge is -2.09. The predicted octanol–water partition coefficient (Wildman–Crippen LogP) is 4.43. The fourth-order valence-corrected chi connectivity index (χ4v) is 3.01. The highest BCUT2D eigenvalue weighted by Crippen LogP contribution is 2.27. The third-order valence-corrected chi connectivity index (χ3v) is 4.46. The summed E-state index contributed by atoms with van der Waals surface area (Å²) in [7, 11) is 0. The van der Waals surface area contributed by atoms with Gasteiger partial charge in [0.1, 0.15) is 12.2 Å². The van der Waals surface area contributed by atoms with Crippen molar-refractivity contribution in [3.8, 4) is 11.8 Å². The second kappa shape index (κ2) is 11.3. The van der Waals surface area contributed by atoms with Crippen LogP contribution in [-0.4, -0.2) is 18.4 Å². The summed E-state index contributed by atoms with van der Waals surface area (Å²) >= 11 is 9.40. The second-order valence-electron chi connectivity index (χ2n) is 5.88. The maximum absolute atomic E-state index is 11.9. The van der Waals surface area contributed by atoms with E-state index in [9.17, 15) is 9.59 Å². The molecule has 0 fully saturated rings. The number of nitriles is 1. The van der Waals surface area contributed by atoms with E-state index in [0.29, 0.717) is 42.5 Å². The van der Waals surface area contributed by atoms with Gasteiger partial charge in [-0.15, -0.1) is 0 Å². The quantitative estimate of drug-likeness (QED) is 0.537. The van der Waals surface area contributed by atoms with Crippen LogP contribution >= 0.6 is 27.5 Å². The van der Waals surface area contributed by atoms with Crippen LogP contribution in [-0.2, 0) is 16.1 Å². The highest BCUT2D eigenvalue weighted by atomic mass is 79.9. The first kappa shape index (κ1) is 21.7. The Balaban J connectivity index is 1.66. The van der Waals surface area contributed by atoms with Crippen LogP contribution in [0.15, 0.2) is 46.9 Å². The monoisotopic (exact) mass is 463 g/mol. The first-order valence-corrected chi connectivity index (χ1v) is 9.75. The van der Waals surface area contributed by atoms with Crippen molar-refractivity contribution in [3.05, 3.63) is 57.5 Å². The summed E-state index contributed by atoms with van der Waals surface area (Å²) in [4.78, 5) is 23.3. The van der Waals surface area contributed by atoms with Crippen molar-refractivity contribution in [1.29, 1.82) is 5.26 Å². The fourth-order valence-electron chi connectivity index (χ4n) is 2.28. The molecule has 0 unspecified atom stereocenters. The first-order valence-electron chi connectivity index (χ1n) is 8.58. The van der Waals surface area contributed by atoms with E-state index in [0.717, 1.165) is 10.0 Å². The van der Waals surface area contributed by atoms with E-state index in [2.05, 4.69) is 26.6 Å². The molecule has 2 aromatic carbocycles. The maximum Gasteiger partial charge on any atom is 0.238 e. The van der Waals surface area contributed by atoms with Gasteiger partial charge in [-0.2, -0.15) is 5.26 Å². The van der Waals surface area contributed by atoms with Gasteiger partial charge in [0.2, 0.25) is 11.8 Å². The van der Waals surface area contributed by atoms with Crippen LogP contribution in [0.3, 0.4) is 0 Å². The van der Waals surface area contributed by atoms with Crippen LogP contribution in [0.25, 0.3) is 0 Å². The molecule has 0 bridgehead atoms. The zero-order chi connectivity index (χ0) is 20.4. The minimum atomic E-state index is -0.352. The Bertz CT molecular complexity index is 866. The van der Waals surface area contributed by atoms with Crippen LogP contribution in [0.4, 0.5) is 5.69 Å². The number of benzene rings is 2. The van der Waals surface area contributed by atoms with Crippen molar-refractivity contribution < 1.29 is 14.3 Å². The number of hydrogen-bond acceptors (Lipinski definition) is 4. The largest absolute Gasteiger partial charge is 0.492 e. The predicted molar refractivity (Wildman–Crippen MR) is 111 cm³/mol. The van der Waals surface area contributed by atoms with Crippen molar-refractivity contribution >= 4 is 45.0 Å². The molecule has 2 aromatic rings. The van der Waals surface area contributed by atoms with Crippen molar-refractivity contribution in [2.45, 2.75) is 25.8 Å². The molecule has 0 aliphatic rings. The smallest absolute Gasteiger partial charge is 0.238 e. The summed E-state index contributed by atoms with van der Waals surface area (Å²) in [5.74, 6) is 0.166. The topological polar surface area (TPSA) is 91.2 Å². The van der Waals surface area contributed by atoms with Gasteiger partial charge in [-0.25, -0.2) is 0 Å². The Hall–Kier alpha value is -2.56. The molecule has 2 rings (SSSR count). The summed E-state index contributed by atoms with van der Waals surface area (Å²) in [6, 6.07) is 14.2. The van der Waals surface area contributed by atoms with Crippen molar-refractivity contribution in [1.82, 2.24) is 5.32 Å². The van der Waals surface area contributed by atoms with E-state index in [4.69, 9.17) is 21.6 Å². The normalized spacial score (nSPS) is 10.0. The van der Waals surface area contributed by atoms with Crippen LogP contribution in [0.1, 0.15) is 24.8 Å². The summed E-state index contributed by atoms with van der Waals surface area (Å²) in [6.07, 6.45) is 0.730. The molecule has 146 valence electrons. The second-order valence-corrected chi connectivity index (χ2v) is 7.21. The molecule has 2 amide bonds. The van der Waals surface area contributed by atoms with Crippen molar-refractivity contribution in [2.75, 3.05) is 11.9 Å². The average molecular weight is 465 g/mol. The number of nitrogens with zero attached hydrogens (tertiary/aromatic N) is 1. The Morgan fingerprint density at radius 1 is 1.14 bits per heavy atom. The summed E-state index contributed by atoms with van der Waals surface area (Å²) < 4.78 is 6.46. The van der Waals surface area contributed by atoms with Gasteiger partial charge in [0.15, 0.2) is 0 Å². The molecule has 0 aliphatic carbocycles. The Kier molecular flexibility index (Phi) is 8.79. The van der Waals surface area contributed by atoms with Gasteiger partial charge in [0.25, 0.3) is 0 Å². The third-order valence-electron chi connectivity index (χ3n) is 3.67. The van der Waals surface area contributed by atoms with Crippen LogP contribution in [0.5, 0.6) is 5.75 Å². The van der Waals surface area contributed by atoms with Crippen LogP contribution in [0.2, 0.25) is 5.02 Å². The number of nitrogens with one attached hydrogen (secondary N) is 2. The molecule has 0 aromatic heterocycles. The lowest BCUT2D eigenvalue weighted by atomic mass is 10.2. The molecular weight excluding hydrogens is 446 g/mol. The molecule has 0 radical (unpaired) electrons. The average Bonchev–Trinajstić information content (AvgIpc) is 2.66. The molecular formula is C20H19BrClN3O3. The SMILES string of the molecule is N#CCC(=O)Nc1ccc(CNC(=O)CCCOc2ccc(Br)cc2Cl)cc1. The van der Waals surface area contributed by atoms with E-state index in [1.54, 1.807) is 42.5 Å². The van der Waals surface area contributed by atoms with Gasteiger partial charge >= 0.3 is 0 Å². The van der Waals surface area contributed by atoms with E-state index in [1.165, 1.54) is 0 Å². The first-order chi connectivity index (χ1) is 13.5. The highest BCUT2D eigenvalue weighted by molar-refractivity contribution is 9.10. The Labute approximate surface area is 177 Å². The lowest BCUT2D eigenvalue weighted by molar-refractivity contribution is -0.121. The molecule has 0 spiro atoms. The van der Waals surface area contributed by atoms with Gasteiger partial charge in [-0.05, 0) is 42.3 Å². The summed E-state index contributed by atoms with van der Waals surface area (Å²) in [5, 5.41) is 14.4.